The largest absolute Gasteiger partial charge is 0.462 e. The summed E-state index contributed by atoms with van der Waals surface area (Å²) in [5.41, 5.74) is 1.73. The monoisotopic (exact) mass is 576 g/mol. The molecule has 0 spiro atoms. The smallest absolute Gasteiger partial charge is 0.308 e. The molecule has 0 bridgehead atoms. The number of esters is 1. The van der Waals surface area contributed by atoms with Crippen LogP contribution in [0.1, 0.15) is 112 Å². The van der Waals surface area contributed by atoms with E-state index >= 15 is 0 Å². The number of ether oxygens (including phenoxy) is 4. The number of hydrogen-bond acceptors (Lipinski definition) is 6. The zero-order valence-electron chi connectivity index (χ0n) is 27.1. The van der Waals surface area contributed by atoms with Crippen molar-refractivity contribution in [2.75, 3.05) is 40.1 Å². The molecule has 0 aliphatic heterocycles. The Labute approximate surface area is 250 Å². The van der Waals surface area contributed by atoms with Gasteiger partial charge in [0.25, 0.3) is 0 Å². The minimum absolute atomic E-state index is 0.00483. The summed E-state index contributed by atoms with van der Waals surface area (Å²) in [5, 5.41) is 10.2. The fraction of sp³-hybridized carbons (Fsp3) is 0.914. The minimum atomic E-state index is -0.549. The van der Waals surface area contributed by atoms with Gasteiger partial charge >= 0.3 is 5.97 Å². The molecule has 41 heavy (non-hydrogen) atoms. The first-order valence-corrected chi connectivity index (χ1v) is 16.7. The van der Waals surface area contributed by atoms with E-state index in [0.717, 1.165) is 61.7 Å². The molecule has 0 saturated heterocycles. The standard InChI is InChI=1S/C35H60O6/c1-25(8-7-16-33(2,3)37)29-11-12-30-28-10-9-26-24-27(13-17-34(26,4)31(28)14-18-35(29,30)5)41-32(36)15-19-39-22-23-40-21-20-38-6/h9,25,27-31,37H,7-8,10-24H2,1-6H3/t25?,27-,28-,29+,30-,31-,34-,35+/m0/s1. The highest BCUT2D eigenvalue weighted by molar-refractivity contribution is 5.69. The molecule has 0 radical (unpaired) electrons. The summed E-state index contributed by atoms with van der Waals surface area (Å²) in [6, 6.07) is 0. The van der Waals surface area contributed by atoms with E-state index < -0.39 is 5.60 Å². The third-order valence-electron chi connectivity index (χ3n) is 11.8. The second kappa shape index (κ2) is 14.2. The first-order chi connectivity index (χ1) is 19.5. The van der Waals surface area contributed by atoms with Gasteiger partial charge in [-0.1, -0.05) is 45.3 Å². The van der Waals surface area contributed by atoms with Gasteiger partial charge in [0, 0.05) is 13.5 Å². The fourth-order valence-corrected chi connectivity index (χ4v) is 9.63. The van der Waals surface area contributed by atoms with Crippen molar-refractivity contribution in [3.8, 4) is 0 Å². The highest BCUT2D eigenvalue weighted by Gasteiger charge is 2.59. The summed E-state index contributed by atoms with van der Waals surface area (Å²) in [7, 11) is 1.65. The molecule has 0 aromatic heterocycles. The lowest BCUT2D eigenvalue weighted by molar-refractivity contribution is -0.152. The summed E-state index contributed by atoms with van der Waals surface area (Å²) in [6.07, 6.45) is 15.8. The van der Waals surface area contributed by atoms with Crippen LogP contribution in [-0.4, -0.2) is 62.9 Å². The molecule has 3 fully saturated rings. The lowest BCUT2D eigenvalue weighted by atomic mass is 9.47. The Kier molecular flexibility index (Phi) is 11.4. The third-order valence-corrected chi connectivity index (χ3v) is 11.8. The van der Waals surface area contributed by atoms with Crippen molar-refractivity contribution < 1.29 is 28.8 Å². The predicted octanol–water partition coefficient (Wildman–Crippen LogP) is 7.12. The lowest BCUT2D eigenvalue weighted by Crippen LogP contribution is -2.51. The van der Waals surface area contributed by atoms with Gasteiger partial charge in [-0.2, -0.15) is 0 Å². The van der Waals surface area contributed by atoms with E-state index in [9.17, 15) is 9.90 Å². The maximum absolute atomic E-state index is 12.5. The van der Waals surface area contributed by atoms with Gasteiger partial charge < -0.3 is 24.1 Å². The Morgan fingerprint density at radius 2 is 1.76 bits per heavy atom. The molecule has 0 heterocycles. The van der Waals surface area contributed by atoms with Gasteiger partial charge in [-0.25, -0.2) is 0 Å². The Morgan fingerprint density at radius 1 is 1.02 bits per heavy atom. The molecule has 1 unspecified atom stereocenters. The van der Waals surface area contributed by atoms with E-state index in [4.69, 9.17) is 18.9 Å². The quantitative estimate of drug-likeness (QED) is 0.127. The van der Waals surface area contributed by atoms with Crippen molar-refractivity contribution in [3.63, 3.8) is 0 Å². The molecule has 4 rings (SSSR count). The van der Waals surface area contributed by atoms with E-state index in [1.807, 2.05) is 13.8 Å². The van der Waals surface area contributed by atoms with E-state index in [1.54, 1.807) is 12.7 Å². The molecule has 236 valence electrons. The van der Waals surface area contributed by atoms with E-state index in [-0.39, 0.29) is 17.5 Å². The second-order valence-electron chi connectivity index (χ2n) is 15.0. The number of aliphatic hydroxyl groups is 1. The van der Waals surface area contributed by atoms with Crippen LogP contribution in [0.4, 0.5) is 0 Å². The lowest BCUT2D eigenvalue weighted by Gasteiger charge is -2.58. The van der Waals surface area contributed by atoms with Gasteiger partial charge in [0.2, 0.25) is 0 Å². The van der Waals surface area contributed by atoms with Crippen LogP contribution < -0.4 is 0 Å². The molecule has 6 nitrogen and oxygen atoms in total. The molecule has 0 aromatic rings. The molecule has 6 heteroatoms. The first kappa shape index (κ1) is 33.0. The Morgan fingerprint density at radius 3 is 2.49 bits per heavy atom. The molecule has 4 aliphatic carbocycles. The summed E-state index contributed by atoms with van der Waals surface area (Å²) < 4.78 is 21.8. The van der Waals surface area contributed by atoms with Crippen LogP contribution in [0.3, 0.4) is 0 Å². The van der Waals surface area contributed by atoms with Crippen molar-refractivity contribution >= 4 is 5.97 Å². The zero-order valence-corrected chi connectivity index (χ0v) is 27.1. The van der Waals surface area contributed by atoms with Crippen LogP contribution >= 0.6 is 0 Å². The number of carbonyl (C=O) groups excluding carboxylic acids is 1. The van der Waals surface area contributed by atoms with Crippen LogP contribution in [0.2, 0.25) is 0 Å². The number of hydrogen-bond donors (Lipinski definition) is 1. The van der Waals surface area contributed by atoms with Crippen LogP contribution in [0.15, 0.2) is 11.6 Å². The van der Waals surface area contributed by atoms with Crippen LogP contribution in [-0.2, 0) is 23.7 Å². The van der Waals surface area contributed by atoms with Crippen LogP contribution in [0.5, 0.6) is 0 Å². The topological polar surface area (TPSA) is 74.2 Å². The third kappa shape index (κ3) is 7.96. The normalized spacial score (nSPS) is 35.7. The zero-order chi connectivity index (χ0) is 29.7. The second-order valence-corrected chi connectivity index (χ2v) is 15.0. The number of fused-ring (bicyclic) bond motifs is 5. The van der Waals surface area contributed by atoms with Gasteiger partial charge in [-0.15, -0.1) is 0 Å². The molecule has 3 saturated carbocycles. The van der Waals surface area contributed by atoms with Gasteiger partial charge in [-0.3, -0.25) is 4.79 Å². The summed E-state index contributed by atoms with van der Waals surface area (Å²) in [6.45, 7) is 14.0. The van der Waals surface area contributed by atoms with E-state index in [2.05, 4.69) is 26.8 Å². The minimum Gasteiger partial charge on any atom is -0.462 e. The molecule has 0 aromatic carbocycles. The summed E-state index contributed by atoms with van der Waals surface area (Å²) >= 11 is 0. The van der Waals surface area contributed by atoms with E-state index in [0.29, 0.717) is 44.9 Å². The SMILES string of the molecule is COCCOCCOCCC(=O)O[C@H]1CC[C@@]2(C)C(=CC[C@H]3[C@@H]4CC[C@H](C(C)CCCC(C)(C)O)[C@@]4(C)CC[C@@H]32)C1. The van der Waals surface area contributed by atoms with Crippen molar-refractivity contribution in [2.45, 2.75) is 123 Å². The Bertz CT molecular complexity index is 878. The average molecular weight is 577 g/mol. The van der Waals surface area contributed by atoms with Gasteiger partial charge in [0.15, 0.2) is 0 Å². The molecule has 0 amide bonds. The summed E-state index contributed by atoms with van der Waals surface area (Å²) in [4.78, 5) is 12.5. The maximum atomic E-state index is 12.5. The van der Waals surface area contributed by atoms with Crippen molar-refractivity contribution in [3.05, 3.63) is 11.6 Å². The van der Waals surface area contributed by atoms with E-state index in [1.165, 1.54) is 38.5 Å². The highest BCUT2D eigenvalue weighted by Crippen LogP contribution is 2.67. The van der Waals surface area contributed by atoms with Crippen molar-refractivity contribution in [1.82, 2.24) is 0 Å². The Hall–Kier alpha value is -0.950. The molecule has 4 aliphatic rings. The number of allylic oxidation sites excluding steroid dienone is 1. The van der Waals surface area contributed by atoms with Crippen LogP contribution in [0, 0.1) is 40.4 Å². The van der Waals surface area contributed by atoms with Crippen LogP contribution in [0.25, 0.3) is 0 Å². The number of methoxy groups -OCH3 is 1. The average Bonchev–Trinajstić information content (AvgIpc) is 3.27. The first-order valence-electron chi connectivity index (χ1n) is 16.7. The number of rotatable bonds is 15. The molecular weight excluding hydrogens is 516 g/mol. The van der Waals surface area contributed by atoms with Crippen molar-refractivity contribution in [1.29, 1.82) is 0 Å². The maximum Gasteiger partial charge on any atom is 0.308 e. The Balaban J connectivity index is 1.26. The molecule has 8 atom stereocenters. The fourth-order valence-electron chi connectivity index (χ4n) is 9.63. The predicted molar refractivity (Wildman–Crippen MR) is 163 cm³/mol. The van der Waals surface area contributed by atoms with Gasteiger partial charge in [-0.05, 0) is 106 Å². The summed E-state index contributed by atoms with van der Waals surface area (Å²) in [5.74, 6) is 3.80. The molecular formula is C35H60O6. The number of carbonyl (C=O) groups is 1. The highest BCUT2D eigenvalue weighted by atomic mass is 16.6. The van der Waals surface area contributed by atoms with Gasteiger partial charge in [0.05, 0.1) is 45.1 Å². The molecule has 1 N–H and O–H groups in total. The van der Waals surface area contributed by atoms with Crippen molar-refractivity contribution in [2.24, 2.45) is 40.4 Å². The van der Waals surface area contributed by atoms with Gasteiger partial charge in [0.1, 0.15) is 6.10 Å².